The normalized spacial score (nSPS) is 17.2. The molecule has 0 unspecified atom stereocenters. The number of alkyl halides is 1. The lowest BCUT2D eigenvalue weighted by Gasteiger charge is -2.16. The fraction of sp³-hybridized carbons (Fsp3) is 0.200. The maximum Gasteiger partial charge on any atom is 0.271 e. The van der Waals surface area contributed by atoms with Gasteiger partial charge in [-0.1, -0.05) is 53.4 Å². The molecule has 4 nitrogen and oxygen atoms in total. The highest BCUT2D eigenvalue weighted by atomic mass is 35.5. The summed E-state index contributed by atoms with van der Waals surface area (Å²) in [5, 5.41) is 3.76. The highest BCUT2D eigenvalue weighted by Gasteiger charge is 2.36. The first-order valence-electron chi connectivity index (χ1n) is 10.7. The second-order valence-corrected chi connectivity index (χ2v) is 11.7. The van der Waals surface area contributed by atoms with Crippen molar-refractivity contribution in [3.05, 3.63) is 96.0 Å². The van der Waals surface area contributed by atoms with Gasteiger partial charge in [0.05, 0.1) is 17.1 Å². The van der Waals surface area contributed by atoms with Gasteiger partial charge in [0.25, 0.3) is 15.6 Å². The van der Waals surface area contributed by atoms with Crippen molar-refractivity contribution in [2.24, 2.45) is 0 Å². The minimum atomic E-state index is -0.771. The molecule has 174 valence electrons. The van der Waals surface area contributed by atoms with Gasteiger partial charge in [-0.25, -0.2) is 4.39 Å². The molecule has 1 aliphatic rings. The molecule has 0 radical (unpaired) electrons. The lowest BCUT2D eigenvalue weighted by atomic mass is 10.1. The summed E-state index contributed by atoms with van der Waals surface area (Å²) in [6.45, 7) is 4.48. The van der Waals surface area contributed by atoms with Gasteiger partial charge in [0, 0.05) is 31.0 Å². The number of hydrogen-bond donors (Lipinski definition) is 0. The largest absolute Gasteiger partial charge is 0.337 e. The van der Waals surface area contributed by atoms with E-state index in [1.807, 2.05) is 78.3 Å². The molecule has 3 heterocycles. The van der Waals surface area contributed by atoms with Gasteiger partial charge in [0.1, 0.15) is 20.0 Å². The number of rotatable bonds is 4. The van der Waals surface area contributed by atoms with Gasteiger partial charge in [0.2, 0.25) is 0 Å². The van der Waals surface area contributed by atoms with Crippen LogP contribution in [0, 0.1) is 5.82 Å². The molecule has 5 rings (SSSR count). The number of hydrogen-bond acceptors (Lipinski definition) is 5. The maximum absolute atomic E-state index is 13.8. The maximum atomic E-state index is 13.8. The van der Waals surface area contributed by atoms with Crippen LogP contribution in [0.4, 0.5) is 10.1 Å². The minimum absolute atomic E-state index is 0.0406. The van der Waals surface area contributed by atoms with E-state index in [9.17, 15) is 9.18 Å². The van der Waals surface area contributed by atoms with Crippen LogP contribution in [-0.2, 0) is 11.5 Å². The zero-order chi connectivity index (χ0) is 24.0. The molecule has 0 spiro atoms. The van der Waals surface area contributed by atoms with E-state index >= 15 is 0 Å². The Labute approximate surface area is 213 Å². The van der Waals surface area contributed by atoms with Crippen LogP contribution >= 0.6 is 46.0 Å². The second kappa shape index (κ2) is 9.00. The van der Waals surface area contributed by atoms with Crippen molar-refractivity contribution in [2.45, 2.75) is 30.3 Å². The number of halogens is 2. The van der Waals surface area contributed by atoms with Crippen LogP contribution in [0.2, 0.25) is 0 Å². The van der Waals surface area contributed by atoms with Gasteiger partial charge in [-0.2, -0.15) is 4.57 Å². The summed E-state index contributed by atoms with van der Waals surface area (Å²) in [6.07, 6.45) is 4.00. The van der Waals surface area contributed by atoms with Crippen LogP contribution in [0.5, 0.6) is 0 Å². The van der Waals surface area contributed by atoms with Crippen molar-refractivity contribution in [2.75, 3.05) is 11.9 Å². The predicted octanol–water partition coefficient (Wildman–Crippen LogP) is 4.51. The Morgan fingerprint density at radius 2 is 1.97 bits per heavy atom. The van der Waals surface area contributed by atoms with E-state index in [1.54, 1.807) is 22.0 Å². The molecule has 0 amide bonds. The molecule has 0 saturated carbocycles. The van der Waals surface area contributed by atoms with Crippen LogP contribution in [0.1, 0.15) is 24.4 Å². The topological polar surface area (TPSA) is 29.1 Å². The highest BCUT2D eigenvalue weighted by molar-refractivity contribution is 8.08. The molecule has 34 heavy (non-hydrogen) atoms. The lowest BCUT2D eigenvalue weighted by Crippen LogP contribution is -2.51. The van der Waals surface area contributed by atoms with Gasteiger partial charge >= 0.3 is 0 Å². The van der Waals surface area contributed by atoms with E-state index in [1.165, 1.54) is 35.2 Å². The average Bonchev–Trinajstić information content (AvgIpc) is 3.51. The van der Waals surface area contributed by atoms with Gasteiger partial charge in [-0.05, 0) is 36.7 Å². The summed E-state index contributed by atoms with van der Waals surface area (Å²) in [4.78, 5) is 15.4. The van der Waals surface area contributed by atoms with E-state index in [0.29, 0.717) is 11.1 Å². The summed E-state index contributed by atoms with van der Waals surface area (Å²) < 4.78 is 19.1. The number of benzene rings is 2. The molecule has 9 heteroatoms. The van der Waals surface area contributed by atoms with E-state index in [0.717, 1.165) is 30.8 Å². The van der Waals surface area contributed by atoms with Crippen LogP contribution in [0.25, 0.3) is 11.1 Å². The van der Waals surface area contributed by atoms with Gasteiger partial charge in [-0.15, -0.1) is 11.3 Å². The molecule has 1 atom stereocenters. The first-order chi connectivity index (χ1) is 16.3. The van der Waals surface area contributed by atoms with Crippen molar-refractivity contribution >= 4 is 62.8 Å². The molecular weight excluding hydrogens is 509 g/mol. The minimum Gasteiger partial charge on any atom is -0.337 e. The Balaban J connectivity index is 1.66. The molecule has 0 bridgehead atoms. The third kappa shape index (κ3) is 3.92. The molecule has 4 aromatic rings. The highest BCUT2D eigenvalue weighted by Crippen LogP contribution is 2.45. The molecule has 2 aromatic carbocycles. The van der Waals surface area contributed by atoms with Crippen molar-refractivity contribution in [3.63, 3.8) is 0 Å². The molecule has 0 N–H and O–H groups in total. The summed E-state index contributed by atoms with van der Waals surface area (Å²) in [5.74, 6) is -0.281. The quantitative estimate of drug-likeness (QED) is 0.287. The number of nitrogens with zero attached hydrogens (tertiary/aromatic N) is 3. The number of fused-ring (bicyclic) bond motifs is 1. The van der Waals surface area contributed by atoms with E-state index in [2.05, 4.69) is 0 Å². The van der Waals surface area contributed by atoms with Crippen molar-refractivity contribution < 1.29 is 8.96 Å². The Morgan fingerprint density at radius 3 is 2.71 bits per heavy atom. The summed E-state index contributed by atoms with van der Waals surface area (Å²) >= 11 is 11.5. The van der Waals surface area contributed by atoms with Gasteiger partial charge in [-0.3, -0.25) is 9.36 Å². The number of thiazole rings is 2. The second-order valence-electron chi connectivity index (χ2n) is 7.97. The van der Waals surface area contributed by atoms with Crippen molar-refractivity contribution in [3.8, 4) is 0 Å². The molecule has 2 aromatic heterocycles. The van der Waals surface area contributed by atoms with Crippen LogP contribution < -0.4 is 24.2 Å². The lowest BCUT2D eigenvalue weighted by molar-refractivity contribution is -0.725. The Morgan fingerprint density at radius 1 is 1.21 bits per heavy atom. The third-order valence-corrected chi connectivity index (χ3v) is 9.53. The summed E-state index contributed by atoms with van der Waals surface area (Å²) in [7, 11) is 1.91. The Bertz CT molecular complexity index is 1560. The number of thioether (sulfide) groups is 1. The molecular formula is C25H22ClFN3OS3+. The standard InChI is InChI=1S/C25H22ClFN3OS3/c1-4-29-20(15-21-30(12-13-32-21)25(2,26)16-8-6-5-7-9-16)34-22(23(29)31)24-28(3)18-11-10-17(27)14-19(18)33-24/h5-15H,4H2,1-3H3/q+1/b24-22+/t25-/m0/s1. The van der Waals surface area contributed by atoms with Crippen LogP contribution in [0.15, 0.2) is 69.8 Å². The first-order valence-corrected chi connectivity index (χ1v) is 13.6. The molecule has 1 aliphatic heterocycles. The molecule has 0 aliphatic carbocycles. The fourth-order valence-corrected chi connectivity index (χ4v) is 7.76. The van der Waals surface area contributed by atoms with E-state index < -0.39 is 5.00 Å². The number of anilines is 1. The van der Waals surface area contributed by atoms with E-state index in [-0.39, 0.29) is 11.4 Å². The zero-order valence-corrected chi connectivity index (χ0v) is 22.0. The van der Waals surface area contributed by atoms with Crippen LogP contribution in [0.3, 0.4) is 0 Å². The van der Waals surface area contributed by atoms with Crippen molar-refractivity contribution in [1.29, 1.82) is 0 Å². The Hall–Kier alpha value is -2.39. The third-order valence-electron chi connectivity index (χ3n) is 5.85. The molecule has 0 fully saturated rings. The predicted molar refractivity (Wildman–Crippen MR) is 141 cm³/mol. The van der Waals surface area contributed by atoms with E-state index in [4.69, 9.17) is 11.6 Å². The SMILES string of the molecule is CCn1c(=O)/c(=C2\Sc3cc(F)ccc3N2C)s/c1=C\c1scc[n+]1[C@](C)(Cl)c1ccccc1. The number of aromatic nitrogens is 2. The Kier molecular flexibility index (Phi) is 6.18. The summed E-state index contributed by atoms with van der Waals surface area (Å²) in [5.41, 5.74) is 1.85. The fourth-order valence-electron chi connectivity index (χ4n) is 4.02. The molecule has 0 saturated heterocycles. The van der Waals surface area contributed by atoms with Gasteiger partial charge in [0.15, 0.2) is 6.20 Å². The zero-order valence-electron chi connectivity index (χ0n) is 18.8. The monoisotopic (exact) mass is 530 g/mol. The summed E-state index contributed by atoms with van der Waals surface area (Å²) in [6, 6.07) is 14.7. The smallest absolute Gasteiger partial charge is 0.271 e. The first kappa shape index (κ1) is 23.4. The van der Waals surface area contributed by atoms with Gasteiger partial charge < -0.3 is 4.90 Å². The van der Waals surface area contributed by atoms with Crippen molar-refractivity contribution in [1.82, 2.24) is 4.57 Å². The van der Waals surface area contributed by atoms with Crippen LogP contribution in [-0.4, -0.2) is 11.6 Å². The average molecular weight is 531 g/mol.